The molecule has 2 aromatic carbocycles. The number of cyclic esters (lactones) is 1. The molecule has 3 aromatic rings. The van der Waals surface area contributed by atoms with Gasteiger partial charge in [-0.05, 0) is 30.3 Å². The zero-order valence-corrected chi connectivity index (χ0v) is 16.8. The van der Waals surface area contributed by atoms with Crippen LogP contribution >= 0.6 is 11.6 Å². The summed E-state index contributed by atoms with van der Waals surface area (Å²) < 4.78 is 10.9. The van der Waals surface area contributed by atoms with Crippen molar-refractivity contribution in [2.45, 2.75) is 0 Å². The standard InChI is InChI=1S/C23H18ClN3O3/c24-18-7-3-2-6-17(18)22-26-20(23(28)30-22)14-16-13-15-5-1-4-8-19(15)25-21(16)27-9-11-29-12-10-27/h1-8,13-14H,9-12H2/b20-14+. The summed E-state index contributed by atoms with van der Waals surface area (Å²) in [6.07, 6.45) is 1.73. The van der Waals surface area contributed by atoms with Gasteiger partial charge in [0, 0.05) is 24.0 Å². The third-order valence-corrected chi connectivity index (χ3v) is 5.39. The molecule has 0 bridgehead atoms. The number of hydrogen-bond acceptors (Lipinski definition) is 6. The number of carbonyl (C=O) groups excluding carboxylic acids is 1. The predicted octanol–water partition coefficient (Wildman–Crippen LogP) is 4.07. The minimum Gasteiger partial charge on any atom is -0.402 e. The Morgan fingerprint density at radius 3 is 2.63 bits per heavy atom. The van der Waals surface area contributed by atoms with Gasteiger partial charge < -0.3 is 14.4 Å². The first kappa shape index (κ1) is 18.8. The van der Waals surface area contributed by atoms with E-state index in [-0.39, 0.29) is 11.6 Å². The predicted molar refractivity (Wildman–Crippen MR) is 117 cm³/mol. The summed E-state index contributed by atoms with van der Waals surface area (Å²) in [6.45, 7) is 2.75. The van der Waals surface area contributed by atoms with Crippen LogP contribution in [0.5, 0.6) is 0 Å². The summed E-state index contributed by atoms with van der Waals surface area (Å²) in [5, 5.41) is 1.47. The highest BCUT2D eigenvalue weighted by Gasteiger charge is 2.26. The van der Waals surface area contributed by atoms with Gasteiger partial charge in [0.05, 0.1) is 29.3 Å². The van der Waals surface area contributed by atoms with Gasteiger partial charge in [-0.1, -0.05) is 41.9 Å². The number of ether oxygens (including phenoxy) is 2. The first-order chi connectivity index (χ1) is 14.7. The Morgan fingerprint density at radius 1 is 1.03 bits per heavy atom. The molecule has 0 radical (unpaired) electrons. The van der Waals surface area contributed by atoms with E-state index in [2.05, 4.69) is 9.89 Å². The Labute approximate surface area is 178 Å². The molecule has 0 amide bonds. The highest BCUT2D eigenvalue weighted by molar-refractivity contribution is 6.34. The van der Waals surface area contributed by atoms with Crippen molar-refractivity contribution in [1.29, 1.82) is 0 Å². The molecule has 5 rings (SSSR count). The molecular weight excluding hydrogens is 402 g/mol. The summed E-state index contributed by atoms with van der Waals surface area (Å²) in [5.41, 5.74) is 2.51. The van der Waals surface area contributed by atoms with E-state index in [0.717, 1.165) is 35.4 Å². The number of aliphatic imine (C=N–C) groups is 1. The van der Waals surface area contributed by atoms with E-state index in [0.29, 0.717) is 23.8 Å². The zero-order valence-electron chi connectivity index (χ0n) is 16.0. The number of pyridine rings is 1. The van der Waals surface area contributed by atoms with Crippen molar-refractivity contribution in [3.8, 4) is 0 Å². The molecule has 6 nitrogen and oxygen atoms in total. The van der Waals surface area contributed by atoms with Gasteiger partial charge in [-0.2, -0.15) is 0 Å². The molecule has 3 heterocycles. The van der Waals surface area contributed by atoms with Crippen LogP contribution < -0.4 is 4.90 Å². The second kappa shape index (κ2) is 7.89. The van der Waals surface area contributed by atoms with Crippen LogP contribution in [0.1, 0.15) is 11.1 Å². The molecule has 0 spiro atoms. The topological polar surface area (TPSA) is 64.0 Å². The molecule has 0 saturated carbocycles. The zero-order chi connectivity index (χ0) is 20.5. The maximum absolute atomic E-state index is 12.5. The maximum atomic E-state index is 12.5. The third kappa shape index (κ3) is 3.56. The minimum atomic E-state index is -0.508. The van der Waals surface area contributed by atoms with Gasteiger partial charge in [0.15, 0.2) is 5.70 Å². The van der Waals surface area contributed by atoms with E-state index >= 15 is 0 Å². The average Bonchev–Trinajstić information content (AvgIpc) is 3.14. The lowest BCUT2D eigenvalue weighted by atomic mass is 10.1. The molecule has 0 aliphatic carbocycles. The fourth-order valence-electron chi connectivity index (χ4n) is 3.56. The maximum Gasteiger partial charge on any atom is 0.363 e. The lowest BCUT2D eigenvalue weighted by molar-refractivity contribution is -0.129. The Balaban J connectivity index is 1.60. The van der Waals surface area contributed by atoms with Gasteiger partial charge in [0.2, 0.25) is 5.90 Å². The molecule has 0 N–H and O–H groups in total. The molecule has 1 aromatic heterocycles. The first-order valence-corrected chi connectivity index (χ1v) is 10.1. The summed E-state index contributed by atoms with van der Waals surface area (Å²) in [7, 11) is 0. The lowest BCUT2D eigenvalue weighted by Crippen LogP contribution is -2.37. The molecule has 0 atom stereocenters. The third-order valence-electron chi connectivity index (χ3n) is 5.06. The second-order valence-electron chi connectivity index (χ2n) is 7.01. The summed E-state index contributed by atoms with van der Waals surface area (Å²) in [5.74, 6) is 0.503. The highest BCUT2D eigenvalue weighted by Crippen LogP contribution is 2.29. The fourth-order valence-corrected chi connectivity index (χ4v) is 3.78. The Hall–Kier alpha value is -3.22. The van der Waals surface area contributed by atoms with Gasteiger partial charge >= 0.3 is 5.97 Å². The molecule has 150 valence electrons. The van der Waals surface area contributed by atoms with Crippen molar-refractivity contribution in [2.24, 2.45) is 4.99 Å². The van der Waals surface area contributed by atoms with Gasteiger partial charge in [0.1, 0.15) is 5.82 Å². The number of aromatic nitrogens is 1. The SMILES string of the molecule is O=C1OC(c2ccccc2Cl)=N/C1=C/c1cc2ccccc2nc1N1CCOCC1. The Kier molecular flexibility index (Phi) is 4.94. The van der Waals surface area contributed by atoms with Crippen molar-refractivity contribution in [1.82, 2.24) is 4.98 Å². The van der Waals surface area contributed by atoms with E-state index < -0.39 is 5.97 Å². The highest BCUT2D eigenvalue weighted by atomic mass is 35.5. The number of nitrogens with zero attached hydrogens (tertiary/aromatic N) is 3. The van der Waals surface area contributed by atoms with Crippen LogP contribution in [0.25, 0.3) is 17.0 Å². The van der Waals surface area contributed by atoms with Gasteiger partial charge in [0.25, 0.3) is 0 Å². The number of fused-ring (bicyclic) bond motifs is 1. The number of benzene rings is 2. The van der Waals surface area contributed by atoms with Crippen molar-refractivity contribution in [3.63, 3.8) is 0 Å². The molecule has 1 fully saturated rings. The molecule has 0 unspecified atom stereocenters. The van der Waals surface area contributed by atoms with Crippen LogP contribution in [-0.2, 0) is 14.3 Å². The first-order valence-electron chi connectivity index (χ1n) is 9.69. The second-order valence-corrected chi connectivity index (χ2v) is 7.42. The molecule has 2 aliphatic rings. The number of halogens is 1. The summed E-state index contributed by atoms with van der Waals surface area (Å²) >= 11 is 6.23. The van der Waals surface area contributed by atoms with Crippen molar-refractivity contribution >= 4 is 46.3 Å². The number of carbonyl (C=O) groups is 1. The van der Waals surface area contributed by atoms with Gasteiger partial charge in [-0.25, -0.2) is 14.8 Å². The smallest absolute Gasteiger partial charge is 0.363 e. The van der Waals surface area contributed by atoms with Crippen molar-refractivity contribution in [3.05, 3.63) is 76.4 Å². The molecule has 30 heavy (non-hydrogen) atoms. The number of anilines is 1. The molecule has 1 saturated heterocycles. The van der Waals surface area contributed by atoms with Crippen molar-refractivity contribution in [2.75, 3.05) is 31.2 Å². The Morgan fingerprint density at radius 2 is 1.80 bits per heavy atom. The molecule has 2 aliphatic heterocycles. The van der Waals surface area contributed by atoms with E-state index in [1.165, 1.54) is 0 Å². The monoisotopic (exact) mass is 419 g/mol. The van der Waals surface area contributed by atoms with Crippen LogP contribution in [-0.4, -0.2) is 43.2 Å². The number of hydrogen-bond donors (Lipinski definition) is 0. The van der Waals surface area contributed by atoms with E-state index in [1.807, 2.05) is 42.5 Å². The van der Waals surface area contributed by atoms with Crippen LogP contribution in [0, 0.1) is 0 Å². The van der Waals surface area contributed by atoms with Crippen molar-refractivity contribution < 1.29 is 14.3 Å². The fraction of sp³-hybridized carbons (Fsp3) is 0.174. The van der Waals surface area contributed by atoms with Crippen LogP contribution in [0.15, 0.2) is 65.3 Å². The van der Waals surface area contributed by atoms with Gasteiger partial charge in [-0.15, -0.1) is 0 Å². The van der Waals surface area contributed by atoms with Gasteiger partial charge in [-0.3, -0.25) is 0 Å². The van der Waals surface area contributed by atoms with Crippen LogP contribution in [0.3, 0.4) is 0 Å². The van der Waals surface area contributed by atoms with E-state index in [9.17, 15) is 4.79 Å². The number of para-hydroxylation sites is 1. The number of rotatable bonds is 3. The van der Waals surface area contributed by atoms with Crippen LogP contribution in [0.2, 0.25) is 5.02 Å². The van der Waals surface area contributed by atoms with E-state index in [4.69, 9.17) is 26.1 Å². The Bertz CT molecular complexity index is 1200. The van der Waals surface area contributed by atoms with E-state index in [1.54, 1.807) is 18.2 Å². The largest absolute Gasteiger partial charge is 0.402 e. The quantitative estimate of drug-likeness (QED) is 0.473. The average molecular weight is 420 g/mol. The summed E-state index contributed by atoms with van der Waals surface area (Å²) in [6, 6.07) is 17.1. The molecular formula is C23H18ClN3O3. The summed E-state index contributed by atoms with van der Waals surface area (Å²) in [4.78, 5) is 24.0. The molecule has 7 heteroatoms. The normalized spacial score (nSPS) is 18.0. The number of morpholine rings is 1. The lowest BCUT2D eigenvalue weighted by Gasteiger charge is -2.29. The van der Waals surface area contributed by atoms with Crippen LogP contribution in [0.4, 0.5) is 5.82 Å². The minimum absolute atomic E-state index is 0.207. The number of esters is 1.